The fourth-order valence-electron chi connectivity index (χ4n) is 1.78. The molecule has 0 saturated carbocycles. The SMILES string of the molecule is CCCC(C(=O)OCC)C(=O)c1cc(F)cc(F)c1. The minimum absolute atomic E-state index is 0.149. The van der Waals surface area contributed by atoms with Crippen molar-refractivity contribution in [2.75, 3.05) is 6.61 Å². The Kier molecular flexibility index (Phi) is 5.60. The number of benzene rings is 1. The third-order valence-corrected chi connectivity index (χ3v) is 2.61. The van der Waals surface area contributed by atoms with Crippen molar-refractivity contribution in [2.45, 2.75) is 26.7 Å². The highest BCUT2D eigenvalue weighted by atomic mass is 19.1. The molecule has 1 aromatic rings. The highest BCUT2D eigenvalue weighted by Gasteiger charge is 2.28. The summed E-state index contributed by atoms with van der Waals surface area (Å²) in [5, 5.41) is 0. The van der Waals surface area contributed by atoms with E-state index in [0.717, 1.165) is 12.1 Å². The predicted molar refractivity (Wildman–Crippen MR) is 65.7 cm³/mol. The molecule has 19 heavy (non-hydrogen) atoms. The minimum atomic E-state index is -1.01. The largest absolute Gasteiger partial charge is 0.465 e. The van der Waals surface area contributed by atoms with Gasteiger partial charge >= 0.3 is 5.97 Å². The minimum Gasteiger partial charge on any atom is -0.465 e. The van der Waals surface area contributed by atoms with E-state index in [1.807, 2.05) is 6.92 Å². The molecule has 0 radical (unpaired) electrons. The van der Waals surface area contributed by atoms with Crippen LogP contribution in [0.1, 0.15) is 37.0 Å². The lowest BCUT2D eigenvalue weighted by molar-refractivity contribution is -0.146. The topological polar surface area (TPSA) is 43.4 Å². The number of ether oxygens (including phenoxy) is 1. The number of ketones is 1. The normalized spacial score (nSPS) is 12.0. The lowest BCUT2D eigenvalue weighted by Crippen LogP contribution is -2.26. The van der Waals surface area contributed by atoms with Crippen molar-refractivity contribution < 1.29 is 23.1 Å². The van der Waals surface area contributed by atoms with Crippen LogP contribution in [0.4, 0.5) is 8.78 Å². The number of hydrogen-bond donors (Lipinski definition) is 0. The van der Waals surface area contributed by atoms with Crippen LogP contribution in [-0.2, 0) is 9.53 Å². The molecule has 0 aliphatic rings. The van der Waals surface area contributed by atoms with Gasteiger partial charge in [0.1, 0.15) is 17.6 Å². The van der Waals surface area contributed by atoms with Crippen molar-refractivity contribution in [1.82, 2.24) is 0 Å². The average molecular weight is 270 g/mol. The maximum atomic E-state index is 13.1. The molecule has 0 fully saturated rings. The van der Waals surface area contributed by atoms with Crippen LogP contribution in [0.2, 0.25) is 0 Å². The maximum Gasteiger partial charge on any atom is 0.316 e. The van der Waals surface area contributed by atoms with Gasteiger partial charge in [0.25, 0.3) is 0 Å². The van der Waals surface area contributed by atoms with Gasteiger partial charge in [-0.3, -0.25) is 9.59 Å². The van der Waals surface area contributed by atoms with Crippen molar-refractivity contribution in [1.29, 1.82) is 0 Å². The number of halogens is 2. The van der Waals surface area contributed by atoms with Gasteiger partial charge in [0, 0.05) is 11.6 Å². The molecule has 0 saturated heterocycles. The van der Waals surface area contributed by atoms with Crippen molar-refractivity contribution in [3.8, 4) is 0 Å². The first-order chi connectivity index (χ1) is 8.99. The Balaban J connectivity index is 3.01. The molecule has 0 amide bonds. The van der Waals surface area contributed by atoms with E-state index in [0.29, 0.717) is 12.5 Å². The second kappa shape index (κ2) is 6.97. The van der Waals surface area contributed by atoms with Gasteiger partial charge in [0.2, 0.25) is 0 Å². The first-order valence-corrected chi connectivity index (χ1v) is 6.16. The smallest absolute Gasteiger partial charge is 0.316 e. The lowest BCUT2D eigenvalue weighted by Gasteiger charge is -2.13. The maximum absolute atomic E-state index is 13.1. The number of carbonyl (C=O) groups is 2. The molecule has 0 N–H and O–H groups in total. The highest BCUT2D eigenvalue weighted by Crippen LogP contribution is 2.18. The Morgan fingerprint density at radius 2 is 1.74 bits per heavy atom. The molecule has 0 spiro atoms. The molecule has 3 nitrogen and oxygen atoms in total. The van der Waals surface area contributed by atoms with E-state index in [9.17, 15) is 18.4 Å². The molecule has 0 heterocycles. The number of hydrogen-bond acceptors (Lipinski definition) is 3. The van der Waals surface area contributed by atoms with E-state index >= 15 is 0 Å². The Hall–Kier alpha value is -1.78. The van der Waals surface area contributed by atoms with Gasteiger partial charge in [-0.1, -0.05) is 13.3 Å². The van der Waals surface area contributed by atoms with Crippen molar-refractivity contribution in [2.24, 2.45) is 5.92 Å². The number of carbonyl (C=O) groups excluding carboxylic acids is 2. The van der Waals surface area contributed by atoms with Crippen molar-refractivity contribution >= 4 is 11.8 Å². The second-order valence-electron chi connectivity index (χ2n) is 4.12. The van der Waals surface area contributed by atoms with Crippen LogP contribution >= 0.6 is 0 Å². The first kappa shape index (κ1) is 15.3. The number of rotatable bonds is 6. The zero-order chi connectivity index (χ0) is 14.4. The summed E-state index contributed by atoms with van der Waals surface area (Å²) < 4.78 is 31.0. The van der Waals surface area contributed by atoms with Gasteiger partial charge in [-0.15, -0.1) is 0 Å². The third kappa shape index (κ3) is 4.12. The van der Waals surface area contributed by atoms with E-state index in [2.05, 4.69) is 0 Å². The van der Waals surface area contributed by atoms with Crippen LogP contribution in [-0.4, -0.2) is 18.4 Å². The summed E-state index contributed by atoms with van der Waals surface area (Å²) in [6.07, 6.45) is 0.878. The van der Waals surface area contributed by atoms with Crippen LogP contribution in [0.15, 0.2) is 18.2 Å². The Bertz CT molecular complexity index is 452. The summed E-state index contributed by atoms with van der Waals surface area (Å²) >= 11 is 0. The van der Waals surface area contributed by atoms with E-state index < -0.39 is 29.3 Å². The standard InChI is InChI=1S/C14H16F2O3/c1-3-5-12(14(18)19-4-2)13(17)9-6-10(15)8-11(16)7-9/h6-8,12H,3-5H2,1-2H3. The summed E-state index contributed by atoms with van der Waals surface area (Å²) in [6, 6.07) is 2.52. The molecule has 104 valence electrons. The van der Waals surface area contributed by atoms with Crippen LogP contribution in [0, 0.1) is 17.6 Å². The molecule has 1 unspecified atom stereocenters. The van der Waals surface area contributed by atoms with Gasteiger partial charge in [0.15, 0.2) is 5.78 Å². The molecule has 1 rings (SSSR count). The third-order valence-electron chi connectivity index (χ3n) is 2.61. The lowest BCUT2D eigenvalue weighted by atomic mass is 9.93. The van der Waals surface area contributed by atoms with Crippen molar-refractivity contribution in [3.63, 3.8) is 0 Å². The van der Waals surface area contributed by atoms with Gasteiger partial charge in [-0.05, 0) is 25.5 Å². The molecule has 5 heteroatoms. The summed E-state index contributed by atoms with van der Waals surface area (Å²) in [5.74, 6) is -3.96. The van der Waals surface area contributed by atoms with Crippen LogP contribution in [0.25, 0.3) is 0 Å². The van der Waals surface area contributed by atoms with E-state index in [1.165, 1.54) is 0 Å². The summed E-state index contributed by atoms with van der Waals surface area (Å²) in [7, 11) is 0. The van der Waals surface area contributed by atoms with E-state index in [1.54, 1.807) is 6.92 Å². The molecule has 0 aromatic heterocycles. The molecule has 1 aromatic carbocycles. The zero-order valence-electron chi connectivity index (χ0n) is 10.9. The Morgan fingerprint density at radius 3 is 2.21 bits per heavy atom. The molecule has 1 atom stereocenters. The molecule has 0 aliphatic heterocycles. The van der Waals surface area contributed by atoms with Crippen LogP contribution in [0.3, 0.4) is 0 Å². The Labute approximate surface area is 110 Å². The second-order valence-corrected chi connectivity index (χ2v) is 4.12. The van der Waals surface area contributed by atoms with E-state index in [4.69, 9.17) is 4.74 Å². The first-order valence-electron chi connectivity index (χ1n) is 6.16. The average Bonchev–Trinajstić information content (AvgIpc) is 2.34. The zero-order valence-corrected chi connectivity index (χ0v) is 10.9. The Morgan fingerprint density at radius 1 is 1.16 bits per heavy atom. The fraction of sp³-hybridized carbons (Fsp3) is 0.429. The quantitative estimate of drug-likeness (QED) is 0.453. The van der Waals surface area contributed by atoms with Crippen LogP contribution < -0.4 is 0 Å². The summed E-state index contributed by atoms with van der Waals surface area (Å²) in [5.41, 5.74) is -0.149. The summed E-state index contributed by atoms with van der Waals surface area (Å²) in [4.78, 5) is 23.8. The van der Waals surface area contributed by atoms with E-state index in [-0.39, 0.29) is 18.6 Å². The van der Waals surface area contributed by atoms with Gasteiger partial charge < -0.3 is 4.74 Å². The molecule has 0 aliphatic carbocycles. The van der Waals surface area contributed by atoms with Gasteiger partial charge in [-0.25, -0.2) is 8.78 Å². The van der Waals surface area contributed by atoms with Gasteiger partial charge in [0.05, 0.1) is 6.61 Å². The molecule has 0 bridgehead atoms. The van der Waals surface area contributed by atoms with Crippen LogP contribution in [0.5, 0.6) is 0 Å². The molecular weight excluding hydrogens is 254 g/mol. The monoisotopic (exact) mass is 270 g/mol. The highest BCUT2D eigenvalue weighted by molar-refractivity contribution is 6.08. The summed E-state index contributed by atoms with van der Waals surface area (Å²) in [6.45, 7) is 3.60. The number of esters is 1. The predicted octanol–water partition coefficient (Wildman–Crippen LogP) is 3.13. The molecular formula is C14H16F2O3. The fourth-order valence-corrected chi connectivity index (χ4v) is 1.78. The van der Waals surface area contributed by atoms with Crippen molar-refractivity contribution in [3.05, 3.63) is 35.4 Å². The van der Waals surface area contributed by atoms with Gasteiger partial charge in [-0.2, -0.15) is 0 Å². The number of Topliss-reactive ketones (excluding diaryl/α,β-unsaturated/α-hetero) is 1.